The molecule has 27 heavy (non-hydrogen) atoms. The van der Waals surface area contributed by atoms with E-state index in [1.807, 2.05) is 5.38 Å². The van der Waals surface area contributed by atoms with Crippen molar-refractivity contribution in [3.63, 3.8) is 0 Å². The van der Waals surface area contributed by atoms with E-state index in [4.69, 9.17) is 9.47 Å². The highest BCUT2D eigenvalue weighted by Crippen LogP contribution is 2.35. The van der Waals surface area contributed by atoms with E-state index in [0.29, 0.717) is 11.5 Å². The average molecular weight is 432 g/mol. The van der Waals surface area contributed by atoms with Crippen LogP contribution in [0, 0.1) is 0 Å². The molecular weight excluding hydrogens is 410 g/mol. The third-order valence-electron chi connectivity index (χ3n) is 4.55. The second kappa shape index (κ2) is 7.78. The molecule has 1 aromatic carbocycles. The summed E-state index contributed by atoms with van der Waals surface area (Å²) in [6, 6.07) is 7.94. The zero-order valence-electron chi connectivity index (χ0n) is 15.0. The van der Waals surface area contributed by atoms with Gasteiger partial charge in [-0.1, -0.05) is 6.07 Å². The summed E-state index contributed by atoms with van der Waals surface area (Å²) in [5, 5.41) is 1.16. The molecule has 0 N–H and O–H groups in total. The molecule has 0 aliphatic carbocycles. The van der Waals surface area contributed by atoms with E-state index in [-0.39, 0.29) is 30.2 Å². The predicted octanol–water partition coefficient (Wildman–Crippen LogP) is 2.32. The quantitative estimate of drug-likeness (QED) is 0.722. The molecule has 2 aromatic rings. The molecule has 10 heteroatoms. The summed E-state index contributed by atoms with van der Waals surface area (Å²) in [6.45, 7) is 0.0688. The van der Waals surface area contributed by atoms with Crippen LogP contribution < -0.4 is 9.47 Å². The molecule has 0 unspecified atom stereocenters. The number of thiophene rings is 1. The zero-order valence-corrected chi connectivity index (χ0v) is 17.4. The number of ether oxygens (including phenoxy) is 2. The highest BCUT2D eigenvalue weighted by molar-refractivity contribution is 7.92. The third-order valence-corrected chi connectivity index (χ3v) is 9.69. The third kappa shape index (κ3) is 3.98. The Labute approximate surface area is 163 Å². The maximum Gasteiger partial charge on any atom is 0.243 e. The summed E-state index contributed by atoms with van der Waals surface area (Å²) in [6.07, 6.45) is 0.232. The van der Waals surface area contributed by atoms with Crippen molar-refractivity contribution >= 4 is 31.2 Å². The van der Waals surface area contributed by atoms with Crippen LogP contribution in [0.25, 0.3) is 0 Å². The van der Waals surface area contributed by atoms with Gasteiger partial charge >= 0.3 is 0 Å². The summed E-state index contributed by atoms with van der Waals surface area (Å²) in [7, 11) is -4.37. The Morgan fingerprint density at radius 2 is 1.85 bits per heavy atom. The van der Waals surface area contributed by atoms with Gasteiger partial charge in [-0.15, -0.1) is 11.3 Å². The van der Waals surface area contributed by atoms with Crippen LogP contribution in [-0.4, -0.2) is 54.2 Å². The molecule has 0 bridgehead atoms. The Balaban J connectivity index is 1.90. The molecule has 0 saturated carbocycles. The Bertz CT molecular complexity index is 999. The minimum atomic E-state index is -3.85. The number of nitrogens with zero attached hydrogens (tertiary/aromatic N) is 1. The molecule has 0 spiro atoms. The van der Waals surface area contributed by atoms with Crippen molar-refractivity contribution < 1.29 is 26.3 Å². The number of benzene rings is 1. The molecule has 0 amide bonds. The van der Waals surface area contributed by atoms with Crippen LogP contribution in [0.1, 0.15) is 16.5 Å². The Morgan fingerprint density at radius 1 is 1.11 bits per heavy atom. The molecule has 1 aliphatic heterocycles. The average Bonchev–Trinajstić information content (AvgIpc) is 3.11. The van der Waals surface area contributed by atoms with E-state index in [2.05, 4.69) is 0 Å². The van der Waals surface area contributed by atoms with E-state index >= 15 is 0 Å². The zero-order chi connectivity index (χ0) is 19.7. The fourth-order valence-corrected chi connectivity index (χ4v) is 7.68. The SMILES string of the molecule is COc1ccc(S(=O)(=O)N2CC[C@@H](c3cccs3)S(=O)(=O)CC2)cc1OC. The molecule has 3 rings (SSSR count). The smallest absolute Gasteiger partial charge is 0.243 e. The lowest BCUT2D eigenvalue weighted by Crippen LogP contribution is -2.33. The molecule has 7 nitrogen and oxygen atoms in total. The number of methoxy groups -OCH3 is 2. The van der Waals surface area contributed by atoms with Crippen LogP contribution in [0.5, 0.6) is 11.5 Å². The lowest BCUT2D eigenvalue weighted by molar-refractivity contribution is 0.353. The van der Waals surface area contributed by atoms with Crippen LogP contribution >= 0.6 is 11.3 Å². The lowest BCUT2D eigenvalue weighted by Gasteiger charge is -2.20. The van der Waals surface area contributed by atoms with E-state index in [9.17, 15) is 16.8 Å². The first-order valence-corrected chi connectivity index (χ1v) is 12.3. The van der Waals surface area contributed by atoms with Crippen molar-refractivity contribution in [3.05, 3.63) is 40.6 Å². The first-order chi connectivity index (χ1) is 12.8. The number of sulfone groups is 1. The normalized spacial score (nSPS) is 20.7. The van der Waals surface area contributed by atoms with Gasteiger partial charge in [0.25, 0.3) is 0 Å². The maximum absolute atomic E-state index is 13.0. The standard InChI is InChI=1S/C17H21NO6S3/c1-23-14-6-5-13(12-15(14)24-2)27(21,22)18-8-7-17(16-4-3-10-25-16)26(19,20)11-9-18/h3-6,10,12,17H,7-9,11H2,1-2H3/t17-/m0/s1. The Hall–Kier alpha value is -1.62. The van der Waals surface area contributed by atoms with Gasteiger partial charge in [0.05, 0.1) is 30.1 Å². The summed E-state index contributed by atoms with van der Waals surface area (Å²) < 4.78 is 62.9. The molecule has 1 saturated heterocycles. The van der Waals surface area contributed by atoms with Crippen LogP contribution in [-0.2, 0) is 19.9 Å². The van der Waals surface area contributed by atoms with Crippen LogP contribution in [0.15, 0.2) is 40.6 Å². The summed E-state index contributed by atoms with van der Waals surface area (Å²) in [5.74, 6) is 0.521. The molecule has 1 aliphatic rings. The lowest BCUT2D eigenvalue weighted by atomic mass is 10.2. The van der Waals surface area contributed by atoms with Gasteiger partial charge in [-0.3, -0.25) is 0 Å². The van der Waals surface area contributed by atoms with Crippen LogP contribution in [0.2, 0.25) is 0 Å². The molecular formula is C17H21NO6S3. The van der Waals surface area contributed by atoms with Crippen LogP contribution in [0.3, 0.4) is 0 Å². The summed E-state index contributed by atoms with van der Waals surface area (Å²) in [5.41, 5.74) is 0. The van der Waals surface area contributed by atoms with Crippen molar-refractivity contribution in [1.82, 2.24) is 4.31 Å². The fraction of sp³-hybridized carbons (Fsp3) is 0.412. The van der Waals surface area contributed by atoms with Crippen LogP contribution in [0.4, 0.5) is 0 Å². The Morgan fingerprint density at radius 3 is 2.48 bits per heavy atom. The van der Waals surface area contributed by atoms with Gasteiger partial charge in [-0.2, -0.15) is 4.31 Å². The topological polar surface area (TPSA) is 90.0 Å². The minimum absolute atomic E-state index is 0.0483. The Kier molecular flexibility index (Phi) is 5.80. The summed E-state index contributed by atoms with van der Waals surface area (Å²) >= 11 is 1.38. The van der Waals surface area contributed by atoms with Crippen molar-refractivity contribution in [2.45, 2.75) is 16.6 Å². The predicted molar refractivity (Wildman–Crippen MR) is 104 cm³/mol. The van der Waals surface area contributed by atoms with Gasteiger partial charge < -0.3 is 9.47 Å². The molecule has 1 aromatic heterocycles. The first kappa shape index (κ1) is 20.1. The van der Waals surface area contributed by atoms with Gasteiger partial charge in [0, 0.05) is 24.0 Å². The molecule has 1 fully saturated rings. The number of hydrogen-bond donors (Lipinski definition) is 0. The van der Waals surface area contributed by atoms with Gasteiger partial charge in [0.2, 0.25) is 10.0 Å². The first-order valence-electron chi connectivity index (χ1n) is 8.27. The largest absolute Gasteiger partial charge is 0.493 e. The second-order valence-corrected chi connectivity index (χ2v) is 11.3. The number of rotatable bonds is 5. The number of sulfonamides is 1. The van der Waals surface area contributed by atoms with Crippen molar-refractivity contribution in [1.29, 1.82) is 0 Å². The monoisotopic (exact) mass is 431 g/mol. The molecule has 1 atom stereocenters. The maximum atomic E-state index is 13.0. The van der Waals surface area contributed by atoms with E-state index < -0.39 is 25.1 Å². The summed E-state index contributed by atoms with van der Waals surface area (Å²) in [4.78, 5) is 0.799. The highest BCUT2D eigenvalue weighted by atomic mass is 32.2. The van der Waals surface area contributed by atoms with E-state index in [1.165, 1.54) is 48.1 Å². The van der Waals surface area contributed by atoms with Gasteiger partial charge in [0.15, 0.2) is 21.3 Å². The minimum Gasteiger partial charge on any atom is -0.493 e. The van der Waals surface area contributed by atoms with E-state index in [0.717, 1.165) is 4.88 Å². The van der Waals surface area contributed by atoms with E-state index in [1.54, 1.807) is 12.1 Å². The fourth-order valence-electron chi connectivity index (χ4n) is 3.08. The van der Waals surface area contributed by atoms with Crippen molar-refractivity contribution in [2.24, 2.45) is 0 Å². The number of hydrogen-bond acceptors (Lipinski definition) is 7. The molecule has 2 heterocycles. The van der Waals surface area contributed by atoms with Crippen molar-refractivity contribution in [2.75, 3.05) is 33.1 Å². The molecule has 0 radical (unpaired) electrons. The highest BCUT2D eigenvalue weighted by Gasteiger charge is 2.36. The van der Waals surface area contributed by atoms with Gasteiger partial charge in [-0.05, 0) is 30.0 Å². The van der Waals surface area contributed by atoms with Gasteiger partial charge in [0.1, 0.15) is 0 Å². The van der Waals surface area contributed by atoms with Gasteiger partial charge in [-0.25, -0.2) is 16.8 Å². The molecule has 148 valence electrons. The second-order valence-electron chi connectivity index (χ2n) is 6.08. The van der Waals surface area contributed by atoms with Crippen molar-refractivity contribution in [3.8, 4) is 11.5 Å².